The molecule has 92 valence electrons. The number of nitrogens with zero attached hydrogens (tertiary/aromatic N) is 1. The van der Waals surface area contributed by atoms with Gasteiger partial charge in [-0.05, 0) is 24.1 Å². The van der Waals surface area contributed by atoms with Crippen LogP contribution in [0.1, 0.15) is 24.5 Å². The summed E-state index contributed by atoms with van der Waals surface area (Å²) in [4.78, 5) is 2.08. The molecule has 0 saturated carbocycles. The summed E-state index contributed by atoms with van der Waals surface area (Å²) in [7, 11) is 0. The lowest BCUT2D eigenvalue weighted by Gasteiger charge is -2.35. The topological polar surface area (TPSA) is 23.5 Å². The molecule has 3 rings (SSSR count). The minimum absolute atomic E-state index is 0.679. The normalized spacial score (nSPS) is 22.0. The average Bonchev–Trinajstić information content (AvgIpc) is 2.74. The van der Waals surface area contributed by atoms with Crippen molar-refractivity contribution in [2.45, 2.75) is 25.6 Å². The van der Waals surface area contributed by atoms with Crippen LogP contribution in [-0.2, 0) is 12.3 Å². The van der Waals surface area contributed by atoms with Crippen LogP contribution in [0, 0.1) is 0 Å². The van der Waals surface area contributed by atoms with E-state index in [1.165, 1.54) is 5.56 Å². The molecule has 1 heterocycles. The molecular weight excluding hydrogens is 222 g/mol. The number of para-hydroxylation sites is 1. The Hall–Kier alpha value is -1.80. The molecule has 2 nitrogen and oxygen atoms in total. The first-order chi connectivity index (χ1) is 8.75. The zero-order valence-corrected chi connectivity index (χ0v) is 10.5. The van der Waals surface area contributed by atoms with Gasteiger partial charge in [-0.1, -0.05) is 49.4 Å². The van der Waals surface area contributed by atoms with Crippen LogP contribution in [0.2, 0.25) is 0 Å². The molecule has 2 aromatic rings. The van der Waals surface area contributed by atoms with Crippen molar-refractivity contribution in [3.63, 3.8) is 0 Å². The molecule has 18 heavy (non-hydrogen) atoms. The van der Waals surface area contributed by atoms with E-state index in [9.17, 15) is 5.11 Å². The summed E-state index contributed by atoms with van der Waals surface area (Å²) >= 11 is 0. The second kappa shape index (κ2) is 4.14. The molecule has 0 aliphatic carbocycles. The van der Waals surface area contributed by atoms with Crippen molar-refractivity contribution in [1.82, 2.24) is 0 Å². The van der Waals surface area contributed by atoms with Gasteiger partial charge in [0.2, 0.25) is 0 Å². The van der Waals surface area contributed by atoms with E-state index >= 15 is 0 Å². The smallest absolute Gasteiger partial charge is 0.164 e. The zero-order chi connectivity index (χ0) is 12.6. The molecule has 0 radical (unpaired) electrons. The fraction of sp³-hybridized carbons (Fsp3) is 0.250. The van der Waals surface area contributed by atoms with E-state index in [4.69, 9.17) is 0 Å². The quantitative estimate of drug-likeness (QED) is 0.869. The Balaban J connectivity index is 2.10. The van der Waals surface area contributed by atoms with Crippen molar-refractivity contribution in [1.29, 1.82) is 0 Å². The molecule has 0 saturated heterocycles. The van der Waals surface area contributed by atoms with Crippen LogP contribution in [0.5, 0.6) is 0 Å². The fourth-order valence-corrected chi connectivity index (χ4v) is 2.79. The third-order valence-corrected chi connectivity index (χ3v) is 3.78. The van der Waals surface area contributed by atoms with E-state index in [2.05, 4.69) is 11.0 Å². The summed E-state index contributed by atoms with van der Waals surface area (Å²) in [6.45, 7) is 2.79. The second-order valence-electron chi connectivity index (χ2n) is 4.75. The molecule has 1 aliphatic heterocycles. The standard InChI is InChI=1S/C16H17NO/c1-2-16(18)15-11-7-6-8-13(15)12-17(16)14-9-4-3-5-10-14/h3-11,18H,2,12H2,1H3. The first kappa shape index (κ1) is 11.3. The van der Waals surface area contributed by atoms with Gasteiger partial charge in [-0.15, -0.1) is 0 Å². The largest absolute Gasteiger partial charge is 0.367 e. The number of fused-ring (bicyclic) bond motifs is 1. The van der Waals surface area contributed by atoms with Gasteiger partial charge in [0.1, 0.15) is 0 Å². The van der Waals surface area contributed by atoms with Gasteiger partial charge in [-0.25, -0.2) is 0 Å². The Morgan fingerprint density at radius 2 is 1.72 bits per heavy atom. The van der Waals surface area contributed by atoms with Gasteiger partial charge in [0, 0.05) is 17.8 Å². The number of rotatable bonds is 2. The maximum Gasteiger partial charge on any atom is 0.164 e. The van der Waals surface area contributed by atoms with Gasteiger partial charge in [0.25, 0.3) is 0 Å². The predicted molar refractivity (Wildman–Crippen MR) is 73.3 cm³/mol. The Kier molecular flexibility index (Phi) is 2.60. The highest BCUT2D eigenvalue weighted by Gasteiger charge is 2.41. The Labute approximate surface area is 107 Å². The first-order valence-electron chi connectivity index (χ1n) is 6.39. The third kappa shape index (κ3) is 1.53. The maximum atomic E-state index is 11.0. The highest BCUT2D eigenvalue weighted by Crippen LogP contribution is 2.42. The summed E-state index contributed by atoms with van der Waals surface area (Å²) in [6.07, 6.45) is 0.679. The molecule has 2 aromatic carbocycles. The molecule has 2 heteroatoms. The van der Waals surface area contributed by atoms with Crippen LogP contribution in [0.15, 0.2) is 54.6 Å². The molecule has 0 aromatic heterocycles. The van der Waals surface area contributed by atoms with Crippen LogP contribution < -0.4 is 4.90 Å². The lowest BCUT2D eigenvalue weighted by Crippen LogP contribution is -2.40. The van der Waals surface area contributed by atoms with Gasteiger partial charge in [-0.3, -0.25) is 0 Å². The van der Waals surface area contributed by atoms with Gasteiger partial charge in [0.05, 0.1) is 0 Å². The summed E-state index contributed by atoms with van der Waals surface area (Å²) < 4.78 is 0. The van der Waals surface area contributed by atoms with Gasteiger partial charge in [-0.2, -0.15) is 0 Å². The van der Waals surface area contributed by atoms with Gasteiger partial charge < -0.3 is 10.0 Å². The molecule has 0 fully saturated rings. The van der Waals surface area contributed by atoms with E-state index in [1.54, 1.807) is 0 Å². The fourth-order valence-electron chi connectivity index (χ4n) is 2.79. The third-order valence-electron chi connectivity index (χ3n) is 3.78. The minimum atomic E-state index is -0.877. The highest BCUT2D eigenvalue weighted by atomic mass is 16.3. The average molecular weight is 239 g/mol. The first-order valence-corrected chi connectivity index (χ1v) is 6.39. The van der Waals surface area contributed by atoms with Crippen molar-refractivity contribution in [2.24, 2.45) is 0 Å². The number of benzene rings is 2. The van der Waals surface area contributed by atoms with Crippen molar-refractivity contribution >= 4 is 5.69 Å². The highest BCUT2D eigenvalue weighted by molar-refractivity contribution is 5.56. The molecule has 0 bridgehead atoms. The second-order valence-corrected chi connectivity index (χ2v) is 4.75. The summed E-state index contributed by atoms with van der Waals surface area (Å²) in [5.74, 6) is 0. The summed E-state index contributed by atoms with van der Waals surface area (Å²) in [5.41, 5.74) is 2.44. The zero-order valence-electron chi connectivity index (χ0n) is 10.5. The Morgan fingerprint density at radius 3 is 2.44 bits per heavy atom. The molecular formula is C16H17NO. The van der Waals surface area contributed by atoms with Crippen molar-refractivity contribution in [3.8, 4) is 0 Å². The number of hydrogen-bond acceptors (Lipinski definition) is 2. The molecule has 0 amide bonds. The molecule has 1 unspecified atom stereocenters. The van der Waals surface area contributed by atoms with Crippen LogP contribution in [0.25, 0.3) is 0 Å². The van der Waals surface area contributed by atoms with Gasteiger partial charge in [0.15, 0.2) is 5.72 Å². The molecule has 1 N–H and O–H groups in total. The van der Waals surface area contributed by atoms with Crippen LogP contribution in [0.4, 0.5) is 5.69 Å². The number of anilines is 1. The van der Waals surface area contributed by atoms with Crippen LogP contribution in [0.3, 0.4) is 0 Å². The lowest BCUT2D eigenvalue weighted by atomic mass is 9.99. The van der Waals surface area contributed by atoms with Gasteiger partial charge >= 0.3 is 0 Å². The SMILES string of the molecule is CCC1(O)c2ccccc2CN1c1ccccc1. The maximum absolute atomic E-state index is 11.0. The molecule has 1 aliphatic rings. The molecule has 1 atom stereocenters. The summed E-state index contributed by atoms with van der Waals surface area (Å²) in [6, 6.07) is 18.3. The van der Waals surface area contributed by atoms with Crippen LogP contribution >= 0.6 is 0 Å². The van der Waals surface area contributed by atoms with Crippen molar-refractivity contribution < 1.29 is 5.11 Å². The van der Waals surface area contributed by atoms with E-state index in [0.717, 1.165) is 17.8 Å². The monoisotopic (exact) mass is 239 g/mol. The van der Waals surface area contributed by atoms with Crippen LogP contribution in [-0.4, -0.2) is 5.11 Å². The number of hydrogen-bond donors (Lipinski definition) is 1. The van der Waals surface area contributed by atoms with Crippen molar-refractivity contribution in [3.05, 3.63) is 65.7 Å². The minimum Gasteiger partial charge on any atom is -0.367 e. The number of aliphatic hydroxyl groups is 1. The Bertz CT molecular complexity index is 552. The van der Waals surface area contributed by atoms with E-state index in [1.807, 2.05) is 55.5 Å². The van der Waals surface area contributed by atoms with E-state index in [0.29, 0.717) is 6.42 Å². The van der Waals surface area contributed by atoms with E-state index in [-0.39, 0.29) is 0 Å². The molecule has 0 spiro atoms. The summed E-state index contributed by atoms with van der Waals surface area (Å²) in [5, 5.41) is 11.0. The predicted octanol–water partition coefficient (Wildman–Crippen LogP) is 3.26. The van der Waals surface area contributed by atoms with Crippen molar-refractivity contribution in [2.75, 3.05) is 4.90 Å². The Morgan fingerprint density at radius 1 is 1.06 bits per heavy atom. The lowest BCUT2D eigenvalue weighted by molar-refractivity contribution is 0.0372. The van der Waals surface area contributed by atoms with E-state index < -0.39 is 5.72 Å².